The molecule has 1 aliphatic heterocycles. The Morgan fingerprint density at radius 3 is 2.50 bits per heavy atom. The molecule has 0 bridgehead atoms. The van der Waals surface area contributed by atoms with E-state index in [1.165, 1.54) is 16.2 Å². The molecule has 1 saturated heterocycles. The van der Waals surface area contributed by atoms with Gasteiger partial charge in [0.2, 0.25) is 11.0 Å². The molecule has 0 unspecified atom stereocenters. The zero-order chi connectivity index (χ0) is 15.7. The second-order valence-corrected chi connectivity index (χ2v) is 6.88. The van der Waals surface area contributed by atoms with E-state index in [9.17, 15) is 18.0 Å². The van der Waals surface area contributed by atoms with Crippen LogP contribution >= 0.6 is 11.3 Å². The van der Waals surface area contributed by atoms with Crippen molar-refractivity contribution in [3.8, 4) is 0 Å². The molecule has 2 aliphatic rings. The van der Waals surface area contributed by atoms with Gasteiger partial charge in [-0.15, -0.1) is 10.2 Å². The number of nitrogens with one attached hydrogen (secondary N) is 1. The topological polar surface area (TPSA) is 58.1 Å². The molecule has 122 valence electrons. The summed E-state index contributed by atoms with van der Waals surface area (Å²) in [6, 6.07) is 0. The van der Waals surface area contributed by atoms with E-state index in [0.29, 0.717) is 37.0 Å². The molecule has 0 spiro atoms. The third-order valence-corrected chi connectivity index (χ3v) is 4.96. The molecule has 22 heavy (non-hydrogen) atoms. The van der Waals surface area contributed by atoms with Gasteiger partial charge in [-0.1, -0.05) is 11.3 Å². The van der Waals surface area contributed by atoms with E-state index in [4.69, 9.17) is 0 Å². The fourth-order valence-electron chi connectivity index (χ4n) is 2.59. The summed E-state index contributed by atoms with van der Waals surface area (Å²) in [6.45, 7) is -0.315. The average Bonchev–Trinajstić information content (AvgIpc) is 3.19. The number of carbonyl (C=O) groups is 1. The number of anilines is 1. The summed E-state index contributed by atoms with van der Waals surface area (Å²) in [4.78, 5) is 13.5. The number of amides is 1. The first-order chi connectivity index (χ1) is 10.4. The first-order valence-electron chi connectivity index (χ1n) is 7.34. The second-order valence-electron chi connectivity index (χ2n) is 5.87. The molecule has 2 heterocycles. The van der Waals surface area contributed by atoms with Gasteiger partial charge in [0.15, 0.2) is 0 Å². The van der Waals surface area contributed by atoms with E-state index in [1.54, 1.807) is 0 Å². The minimum absolute atomic E-state index is 0.162. The Kier molecular flexibility index (Phi) is 4.35. The molecule has 1 aromatic heterocycles. The molecule has 0 aromatic carbocycles. The fraction of sp³-hybridized carbons (Fsp3) is 0.769. The maximum atomic E-state index is 12.3. The van der Waals surface area contributed by atoms with Crippen molar-refractivity contribution in [2.45, 2.75) is 37.8 Å². The van der Waals surface area contributed by atoms with Gasteiger partial charge in [0.1, 0.15) is 5.01 Å². The highest BCUT2D eigenvalue weighted by molar-refractivity contribution is 7.15. The minimum atomic E-state index is -4.18. The van der Waals surface area contributed by atoms with E-state index in [2.05, 4.69) is 15.5 Å². The van der Waals surface area contributed by atoms with Crippen LogP contribution in [0.15, 0.2) is 0 Å². The first-order valence-corrected chi connectivity index (χ1v) is 8.16. The van der Waals surface area contributed by atoms with E-state index < -0.39 is 12.7 Å². The van der Waals surface area contributed by atoms with Crippen LogP contribution in [0.3, 0.4) is 0 Å². The van der Waals surface area contributed by atoms with Crippen molar-refractivity contribution in [1.82, 2.24) is 15.1 Å². The SMILES string of the molecule is O=C(Nc1nnc(C2CC2)s1)C1CCN(CC(F)(F)F)CC1. The van der Waals surface area contributed by atoms with Gasteiger partial charge in [0.25, 0.3) is 0 Å². The number of alkyl halides is 3. The lowest BCUT2D eigenvalue weighted by Crippen LogP contribution is -2.42. The second kappa shape index (κ2) is 6.11. The van der Waals surface area contributed by atoms with Crippen molar-refractivity contribution in [1.29, 1.82) is 0 Å². The highest BCUT2D eigenvalue weighted by atomic mass is 32.1. The summed E-state index contributed by atoms with van der Waals surface area (Å²) in [5.74, 6) is 0.0803. The first kappa shape index (κ1) is 15.7. The van der Waals surface area contributed by atoms with Crippen molar-refractivity contribution in [2.75, 3.05) is 25.0 Å². The Morgan fingerprint density at radius 1 is 1.23 bits per heavy atom. The van der Waals surface area contributed by atoms with Crippen molar-refractivity contribution in [2.24, 2.45) is 5.92 Å². The molecule has 2 fully saturated rings. The minimum Gasteiger partial charge on any atom is -0.300 e. The number of piperidine rings is 1. The molecule has 3 rings (SSSR count). The smallest absolute Gasteiger partial charge is 0.300 e. The molecular weight excluding hydrogens is 317 g/mol. The summed E-state index contributed by atoms with van der Waals surface area (Å²) < 4.78 is 37.0. The quantitative estimate of drug-likeness (QED) is 0.920. The summed E-state index contributed by atoms with van der Waals surface area (Å²) in [7, 11) is 0. The average molecular weight is 334 g/mol. The molecule has 1 aliphatic carbocycles. The van der Waals surface area contributed by atoms with Gasteiger partial charge in [0, 0.05) is 11.8 Å². The maximum absolute atomic E-state index is 12.3. The van der Waals surface area contributed by atoms with Gasteiger partial charge in [-0.3, -0.25) is 9.69 Å². The van der Waals surface area contributed by atoms with Crippen LogP contribution in [-0.2, 0) is 4.79 Å². The van der Waals surface area contributed by atoms with Crippen molar-refractivity contribution in [3.05, 3.63) is 5.01 Å². The lowest BCUT2D eigenvalue weighted by atomic mass is 9.96. The number of carbonyl (C=O) groups excluding carboxylic acids is 1. The van der Waals surface area contributed by atoms with Crippen LogP contribution in [0.2, 0.25) is 0 Å². The predicted octanol–water partition coefficient (Wildman–Crippen LogP) is 2.63. The summed E-state index contributed by atoms with van der Waals surface area (Å²) in [6.07, 6.45) is -1.05. The Balaban J connectivity index is 1.47. The van der Waals surface area contributed by atoms with Gasteiger partial charge in [-0.25, -0.2) is 0 Å². The van der Waals surface area contributed by atoms with Crippen molar-refractivity contribution >= 4 is 22.4 Å². The van der Waals surface area contributed by atoms with Crippen LogP contribution in [0.5, 0.6) is 0 Å². The van der Waals surface area contributed by atoms with Gasteiger partial charge >= 0.3 is 6.18 Å². The third-order valence-electron chi connectivity index (χ3n) is 3.96. The van der Waals surface area contributed by atoms with Gasteiger partial charge in [0.05, 0.1) is 6.54 Å². The van der Waals surface area contributed by atoms with Gasteiger partial charge in [-0.2, -0.15) is 13.2 Å². The molecule has 0 radical (unpaired) electrons. The maximum Gasteiger partial charge on any atom is 0.401 e. The highest BCUT2D eigenvalue weighted by Crippen LogP contribution is 2.42. The number of likely N-dealkylation sites (tertiary alicyclic amines) is 1. The lowest BCUT2D eigenvalue weighted by Gasteiger charge is -2.31. The number of nitrogens with zero attached hydrogens (tertiary/aromatic N) is 3. The molecule has 1 amide bonds. The van der Waals surface area contributed by atoms with E-state index in [-0.39, 0.29) is 11.8 Å². The molecule has 0 atom stereocenters. The van der Waals surface area contributed by atoms with E-state index in [0.717, 1.165) is 17.8 Å². The van der Waals surface area contributed by atoms with Crippen LogP contribution in [0.4, 0.5) is 18.3 Å². The van der Waals surface area contributed by atoms with Crippen LogP contribution in [-0.4, -0.2) is 46.8 Å². The van der Waals surface area contributed by atoms with Crippen LogP contribution < -0.4 is 5.32 Å². The monoisotopic (exact) mass is 334 g/mol. The molecule has 1 saturated carbocycles. The Bertz CT molecular complexity index is 536. The highest BCUT2D eigenvalue weighted by Gasteiger charge is 2.34. The molecule has 9 heteroatoms. The lowest BCUT2D eigenvalue weighted by molar-refractivity contribution is -0.149. The Hall–Kier alpha value is -1.22. The summed E-state index contributed by atoms with van der Waals surface area (Å²) in [5, 5.41) is 12.2. The standard InChI is InChI=1S/C13H17F3N4OS/c14-13(15,16)7-20-5-3-8(4-6-20)10(21)17-12-19-18-11(22-12)9-1-2-9/h8-9H,1-7H2,(H,17,19,21). The number of hydrogen-bond donors (Lipinski definition) is 1. The molecular formula is C13H17F3N4OS. The number of halogens is 3. The third kappa shape index (κ3) is 4.16. The normalized spacial score (nSPS) is 21.0. The van der Waals surface area contributed by atoms with Crippen molar-refractivity contribution < 1.29 is 18.0 Å². The Morgan fingerprint density at radius 2 is 1.91 bits per heavy atom. The van der Waals surface area contributed by atoms with Gasteiger partial charge in [-0.05, 0) is 38.8 Å². The summed E-state index contributed by atoms with van der Waals surface area (Å²) >= 11 is 1.39. The van der Waals surface area contributed by atoms with Crippen molar-refractivity contribution in [3.63, 3.8) is 0 Å². The van der Waals surface area contributed by atoms with Gasteiger partial charge < -0.3 is 5.32 Å². The molecule has 1 N–H and O–H groups in total. The fourth-order valence-corrected chi connectivity index (χ4v) is 3.51. The Labute approximate surface area is 129 Å². The number of aromatic nitrogens is 2. The van der Waals surface area contributed by atoms with Crippen LogP contribution in [0, 0.1) is 5.92 Å². The number of rotatable bonds is 4. The van der Waals surface area contributed by atoms with Crippen LogP contribution in [0.25, 0.3) is 0 Å². The largest absolute Gasteiger partial charge is 0.401 e. The summed E-state index contributed by atoms with van der Waals surface area (Å²) in [5.41, 5.74) is 0. The predicted molar refractivity (Wildman–Crippen MR) is 75.7 cm³/mol. The number of hydrogen-bond acceptors (Lipinski definition) is 5. The van der Waals surface area contributed by atoms with E-state index in [1.807, 2.05) is 0 Å². The van der Waals surface area contributed by atoms with E-state index >= 15 is 0 Å². The zero-order valence-electron chi connectivity index (χ0n) is 11.9. The molecule has 5 nitrogen and oxygen atoms in total. The molecule has 1 aromatic rings. The zero-order valence-corrected chi connectivity index (χ0v) is 12.7. The van der Waals surface area contributed by atoms with Crippen LogP contribution in [0.1, 0.15) is 36.6 Å².